The molecule has 1 atom stereocenters. The van der Waals surface area contributed by atoms with Gasteiger partial charge in [0.25, 0.3) is 0 Å². The van der Waals surface area contributed by atoms with E-state index in [2.05, 4.69) is 30.4 Å². The molecule has 0 aromatic heterocycles. The first-order valence-electron chi connectivity index (χ1n) is 6.76. The first kappa shape index (κ1) is 12.4. The van der Waals surface area contributed by atoms with Crippen LogP contribution in [0, 0.1) is 5.92 Å². The molecular weight excluding hydrogens is 242 g/mol. The normalized spacial score (nSPS) is 28.1. The van der Waals surface area contributed by atoms with Crippen LogP contribution < -0.4 is 10.1 Å². The number of rotatable bonds is 2. The Balaban J connectivity index is 1.95. The summed E-state index contributed by atoms with van der Waals surface area (Å²) in [5.41, 5.74) is 1.84. The molecule has 0 amide bonds. The van der Waals surface area contributed by atoms with E-state index in [0.29, 0.717) is 5.41 Å². The molecule has 3 rings (SSSR count). The molecule has 2 heterocycles. The van der Waals surface area contributed by atoms with Gasteiger partial charge in [-0.3, -0.25) is 0 Å². The average Bonchev–Trinajstić information content (AvgIpc) is 2.78. The van der Waals surface area contributed by atoms with Gasteiger partial charge in [0.2, 0.25) is 0 Å². The molecule has 0 radical (unpaired) electrons. The van der Waals surface area contributed by atoms with Crippen molar-refractivity contribution in [2.24, 2.45) is 5.92 Å². The summed E-state index contributed by atoms with van der Waals surface area (Å²) in [5, 5.41) is 3.47. The molecule has 18 heavy (non-hydrogen) atoms. The van der Waals surface area contributed by atoms with Gasteiger partial charge in [-0.1, -0.05) is 6.92 Å². The minimum absolute atomic E-state index is 0.330. The number of nitrogens with one attached hydrogen (secondary N) is 1. The van der Waals surface area contributed by atoms with Gasteiger partial charge in [0.1, 0.15) is 5.75 Å². The maximum Gasteiger partial charge on any atom is 0.119 e. The van der Waals surface area contributed by atoms with Crippen molar-refractivity contribution in [2.75, 3.05) is 26.0 Å². The summed E-state index contributed by atoms with van der Waals surface area (Å²) in [6.07, 6.45) is 2.60. The van der Waals surface area contributed by atoms with Gasteiger partial charge in [-0.2, -0.15) is 0 Å². The van der Waals surface area contributed by atoms with Gasteiger partial charge in [0, 0.05) is 16.1 Å². The molecule has 0 saturated carbocycles. The van der Waals surface area contributed by atoms with E-state index in [1.165, 1.54) is 42.1 Å². The van der Waals surface area contributed by atoms with E-state index in [1.54, 1.807) is 7.11 Å². The van der Waals surface area contributed by atoms with Gasteiger partial charge in [0.05, 0.1) is 7.11 Å². The van der Waals surface area contributed by atoms with Crippen LogP contribution in [0.3, 0.4) is 0 Å². The van der Waals surface area contributed by atoms with Crippen LogP contribution in [-0.4, -0.2) is 26.0 Å². The Morgan fingerprint density at radius 3 is 2.83 bits per heavy atom. The number of methoxy groups -OCH3 is 1. The van der Waals surface area contributed by atoms with Crippen molar-refractivity contribution in [1.82, 2.24) is 5.32 Å². The van der Waals surface area contributed by atoms with Crippen LogP contribution in [0.15, 0.2) is 23.1 Å². The minimum Gasteiger partial charge on any atom is -0.497 e. The van der Waals surface area contributed by atoms with Crippen LogP contribution >= 0.6 is 11.8 Å². The number of hydrogen-bond donors (Lipinski definition) is 1. The lowest BCUT2D eigenvalue weighted by atomic mass is 9.69. The van der Waals surface area contributed by atoms with Crippen molar-refractivity contribution in [2.45, 2.75) is 30.1 Å². The molecule has 0 aliphatic carbocycles. The van der Waals surface area contributed by atoms with Crippen molar-refractivity contribution < 1.29 is 4.74 Å². The summed E-state index contributed by atoms with van der Waals surface area (Å²) in [6.45, 7) is 4.79. The molecule has 98 valence electrons. The summed E-state index contributed by atoms with van der Waals surface area (Å²) >= 11 is 2.01. The van der Waals surface area contributed by atoms with Crippen molar-refractivity contribution in [3.63, 3.8) is 0 Å². The number of hydrogen-bond acceptors (Lipinski definition) is 3. The Kier molecular flexibility index (Phi) is 3.29. The number of benzene rings is 1. The fourth-order valence-electron chi connectivity index (χ4n) is 3.31. The fourth-order valence-corrected chi connectivity index (χ4v) is 4.77. The molecule has 1 unspecified atom stereocenters. The third kappa shape index (κ3) is 1.94. The SMILES string of the molecule is COc1ccc2c(c1)C(C)(C1CCNCC1)CS2. The summed E-state index contributed by atoms with van der Waals surface area (Å²) in [4.78, 5) is 1.46. The van der Waals surface area contributed by atoms with E-state index < -0.39 is 0 Å². The average molecular weight is 263 g/mol. The largest absolute Gasteiger partial charge is 0.497 e. The molecule has 1 N–H and O–H groups in total. The first-order valence-corrected chi connectivity index (χ1v) is 7.74. The molecular formula is C15H21NOS. The zero-order valence-electron chi connectivity index (χ0n) is 11.2. The second-order valence-electron chi connectivity index (χ2n) is 5.59. The third-order valence-electron chi connectivity index (χ3n) is 4.57. The van der Waals surface area contributed by atoms with Gasteiger partial charge in [0.15, 0.2) is 0 Å². The predicted molar refractivity (Wildman–Crippen MR) is 76.7 cm³/mol. The van der Waals surface area contributed by atoms with Gasteiger partial charge >= 0.3 is 0 Å². The smallest absolute Gasteiger partial charge is 0.119 e. The monoisotopic (exact) mass is 263 g/mol. The summed E-state index contributed by atoms with van der Waals surface area (Å²) < 4.78 is 5.40. The first-order chi connectivity index (χ1) is 8.74. The molecule has 0 bridgehead atoms. The summed E-state index contributed by atoms with van der Waals surface area (Å²) in [7, 11) is 1.76. The lowest BCUT2D eigenvalue weighted by Gasteiger charge is -2.37. The molecule has 2 aliphatic rings. The number of thioether (sulfide) groups is 1. The Morgan fingerprint density at radius 1 is 1.33 bits per heavy atom. The van der Waals surface area contributed by atoms with Gasteiger partial charge in [-0.15, -0.1) is 11.8 Å². The second-order valence-corrected chi connectivity index (χ2v) is 6.61. The molecule has 1 fully saturated rings. The van der Waals surface area contributed by atoms with E-state index in [9.17, 15) is 0 Å². The molecule has 1 aromatic rings. The summed E-state index contributed by atoms with van der Waals surface area (Å²) in [6, 6.07) is 6.57. The quantitative estimate of drug-likeness (QED) is 0.886. The van der Waals surface area contributed by atoms with E-state index >= 15 is 0 Å². The zero-order chi connectivity index (χ0) is 12.6. The molecule has 2 nitrogen and oxygen atoms in total. The van der Waals surface area contributed by atoms with Gasteiger partial charge < -0.3 is 10.1 Å². The highest BCUT2D eigenvalue weighted by Crippen LogP contribution is 2.50. The van der Waals surface area contributed by atoms with Crippen LogP contribution in [0.25, 0.3) is 0 Å². The third-order valence-corrected chi connectivity index (χ3v) is 5.98. The Bertz CT molecular complexity index is 442. The van der Waals surface area contributed by atoms with E-state index in [1.807, 2.05) is 11.8 Å². The van der Waals surface area contributed by atoms with Crippen molar-refractivity contribution in [1.29, 1.82) is 0 Å². The van der Waals surface area contributed by atoms with E-state index in [-0.39, 0.29) is 0 Å². The molecule has 0 spiro atoms. The van der Waals surface area contributed by atoms with E-state index in [4.69, 9.17) is 4.74 Å². The molecule has 1 saturated heterocycles. The maximum absolute atomic E-state index is 5.40. The Morgan fingerprint density at radius 2 is 2.11 bits per heavy atom. The molecule has 1 aromatic carbocycles. The highest BCUT2D eigenvalue weighted by atomic mass is 32.2. The van der Waals surface area contributed by atoms with Gasteiger partial charge in [-0.05, 0) is 55.6 Å². The predicted octanol–water partition coefficient (Wildman–Crippen LogP) is 3.06. The summed E-state index contributed by atoms with van der Waals surface area (Å²) in [5.74, 6) is 3.02. The second kappa shape index (κ2) is 4.78. The van der Waals surface area contributed by atoms with Crippen LogP contribution in [-0.2, 0) is 5.41 Å². The highest BCUT2D eigenvalue weighted by molar-refractivity contribution is 7.99. The Labute approximate surface area is 113 Å². The molecule has 3 heteroatoms. The van der Waals surface area contributed by atoms with Gasteiger partial charge in [-0.25, -0.2) is 0 Å². The fraction of sp³-hybridized carbons (Fsp3) is 0.600. The lowest BCUT2D eigenvalue weighted by molar-refractivity contribution is 0.251. The van der Waals surface area contributed by atoms with Crippen LogP contribution in [0.5, 0.6) is 5.75 Å². The number of ether oxygens (including phenoxy) is 1. The lowest BCUT2D eigenvalue weighted by Crippen LogP contribution is -2.40. The topological polar surface area (TPSA) is 21.3 Å². The highest BCUT2D eigenvalue weighted by Gasteiger charge is 2.42. The number of fused-ring (bicyclic) bond motifs is 1. The Hall–Kier alpha value is -0.670. The standard InChI is InChI=1S/C15H21NOS/c1-15(11-5-7-16-8-6-11)10-18-14-4-3-12(17-2)9-13(14)15/h3-4,9,11,16H,5-8,10H2,1-2H3. The van der Waals surface area contributed by atoms with Crippen molar-refractivity contribution in [3.8, 4) is 5.75 Å². The number of piperidine rings is 1. The van der Waals surface area contributed by atoms with Crippen LogP contribution in [0.2, 0.25) is 0 Å². The minimum atomic E-state index is 0.330. The van der Waals surface area contributed by atoms with E-state index in [0.717, 1.165) is 11.7 Å². The maximum atomic E-state index is 5.40. The van der Waals surface area contributed by atoms with Crippen molar-refractivity contribution in [3.05, 3.63) is 23.8 Å². The molecule has 2 aliphatic heterocycles. The van der Waals surface area contributed by atoms with Crippen LogP contribution in [0.4, 0.5) is 0 Å². The van der Waals surface area contributed by atoms with Crippen molar-refractivity contribution >= 4 is 11.8 Å². The zero-order valence-corrected chi connectivity index (χ0v) is 12.0. The van der Waals surface area contributed by atoms with Crippen LogP contribution in [0.1, 0.15) is 25.3 Å².